The van der Waals surface area contributed by atoms with E-state index in [-0.39, 0.29) is 0 Å². The SMILES string of the molecule is CN1CCN=C1NCCOc1ccccc1. The van der Waals surface area contributed by atoms with Gasteiger partial charge in [-0.05, 0) is 12.1 Å². The molecule has 0 aliphatic carbocycles. The van der Waals surface area contributed by atoms with E-state index in [1.165, 1.54) is 0 Å². The van der Waals surface area contributed by atoms with Gasteiger partial charge in [0.25, 0.3) is 0 Å². The standard InChI is InChI=1S/C12H17N3O/c1-15-9-7-13-12(15)14-8-10-16-11-5-3-2-4-6-11/h2-6H,7-10H2,1H3,(H,13,14). The van der Waals surface area contributed by atoms with Crippen molar-refractivity contribution in [3.8, 4) is 5.75 Å². The number of guanidine groups is 1. The predicted molar refractivity (Wildman–Crippen MR) is 64.9 cm³/mol. The highest BCUT2D eigenvalue weighted by molar-refractivity contribution is 5.81. The molecule has 4 heteroatoms. The summed E-state index contributed by atoms with van der Waals surface area (Å²) in [5.74, 6) is 1.88. The molecule has 0 atom stereocenters. The molecule has 0 radical (unpaired) electrons. The lowest BCUT2D eigenvalue weighted by atomic mass is 10.3. The quantitative estimate of drug-likeness (QED) is 0.766. The van der Waals surface area contributed by atoms with E-state index < -0.39 is 0 Å². The van der Waals surface area contributed by atoms with Crippen LogP contribution in [-0.4, -0.2) is 44.1 Å². The molecule has 1 aromatic rings. The van der Waals surface area contributed by atoms with E-state index in [9.17, 15) is 0 Å². The summed E-state index contributed by atoms with van der Waals surface area (Å²) in [5, 5.41) is 3.25. The molecule has 16 heavy (non-hydrogen) atoms. The number of benzene rings is 1. The Labute approximate surface area is 95.9 Å². The third-order valence-corrected chi connectivity index (χ3v) is 2.46. The van der Waals surface area contributed by atoms with Crippen LogP contribution in [-0.2, 0) is 0 Å². The maximum atomic E-state index is 5.57. The van der Waals surface area contributed by atoms with Crippen LogP contribution in [0.1, 0.15) is 0 Å². The normalized spacial score (nSPS) is 14.8. The molecule has 0 bridgehead atoms. The monoisotopic (exact) mass is 219 g/mol. The molecule has 0 spiro atoms. The number of ether oxygens (including phenoxy) is 1. The Hall–Kier alpha value is -1.71. The second kappa shape index (κ2) is 5.39. The molecule has 0 fully saturated rings. The largest absolute Gasteiger partial charge is 0.492 e. The van der Waals surface area contributed by atoms with Crippen molar-refractivity contribution in [3.05, 3.63) is 30.3 Å². The Morgan fingerprint density at radius 2 is 2.19 bits per heavy atom. The number of hydrogen-bond donors (Lipinski definition) is 1. The molecule has 0 unspecified atom stereocenters. The van der Waals surface area contributed by atoms with Gasteiger partial charge in [-0.25, -0.2) is 0 Å². The molecule has 0 saturated heterocycles. The molecule has 0 saturated carbocycles. The van der Waals surface area contributed by atoms with Gasteiger partial charge in [0.05, 0.1) is 13.1 Å². The van der Waals surface area contributed by atoms with Crippen molar-refractivity contribution in [2.75, 3.05) is 33.3 Å². The minimum absolute atomic E-state index is 0.650. The topological polar surface area (TPSA) is 36.9 Å². The minimum atomic E-state index is 0.650. The van der Waals surface area contributed by atoms with Gasteiger partial charge in [0, 0.05) is 13.6 Å². The van der Waals surface area contributed by atoms with Crippen LogP contribution in [0.3, 0.4) is 0 Å². The maximum absolute atomic E-state index is 5.57. The lowest BCUT2D eigenvalue weighted by molar-refractivity contribution is 0.320. The van der Waals surface area contributed by atoms with E-state index in [1.54, 1.807) is 0 Å². The molecule has 0 amide bonds. The van der Waals surface area contributed by atoms with Crippen molar-refractivity contribution in [3.63, 3.8) is 0 Å². The third-order valence-electron chi connectivity index (χ3n) is 2.46. The molecule has 1 N–H and O–H groups in total. The summed E-state index contributed by atoms with van der Waals surface area (Å²) in [5.41, 5.74) is 0. The van der Waals surface area contributed by atoms with Gasteiger partial charge in [0.2, 0.25) is 0 Å². The summed E-state index contributed by atoms with van der Waals surface area (Å²) in [7, 11) is 2.04. The lowest BCUT2D eigenvalue weighted by Gasteiger charge is -2.15. The van der Waals surface area contributed by atoms with E-state index in [4.69, 9.17) is 4.74 Å². The van der Waals surface area contributed by atoms with Gasteiger partial charge in [0.15, 0.2) is 5.96 Å². The zero-order chi connectivity index (χ0) is 11.2. The summed E-state index contributed by atoms with van der Waals surface area (Å²) < 4.78 is 5.57. The molecule has 0 aromatic heterocycles. The van der Waals surface area contributed by atoms with Crippen molar-refractivity contribution in [2.45, 2.75) is 0 Å². The van der Waals surface area contributed by atoms with Crippen molar-refractivity contribution in [1.29, 1.82) is 0 Å². The Morgan fingerprint density at radius 3 is 2.88 bits per heavy atom. The zero-order valence-electron chi connectivity index (χ0n) is 9.52. The summed E-state index contributed by atoms with van der Waals surface area (Å²) in [4.78, 5) is 6.45. The average Bonchev–Trinajstić information content (AvgIpc) is 2.72. The maximum Gasteiger partial charge on any atom is 0.193 e. The van der Waals surface area contributed by atoms with Crippen LogP contribution in [0, 0.1) is 0 Å². The Bertz CT molecular complexity index is 351. The van der Waals surface area contributed by atoms with Crippen molar-refractivity contribution in [2.24, 2.45) is 4.99 Å². The molecular formula is C12H17N3O. The van der Waals surface area contributed by atoms with Crippen molar-refractivity contribution >= 4 is 5.96 Å². The Morgan fingerprint density at radius 1 is 1.38 bits per heavy atom. The van der Waals surface area contributed by atoms with Gasteiger partial charge in [-0.1, -0.05) is 18.2 Å². The predicted octanol–water partition coefficient (Wildman–Crippen LogP) is 0.956. The first kappa shape index (κ1) is 10.8. The van der Waals surface area contributed by atoms with E-state index in [2.05, 4.69) is 15.2 Å². The van der Waals surface area contributed by atoms with Gasteiger partial charge >= 0.3 is 0 Å². The summed E-state index contributed by atoms with van der Waals surface area (Å²) in [6.45, 7) is 3.31. The molecule has 1 aliphatic heterocycles. The van der Waals surface area contributed by atoms with Crippen LogP contribution >= 0.6 is 0 Å². The minimum Gasteiger partial charge on any atom is -0.492 e. The molecular weight excluding hydrogens is 202 g/mol. The second-order valence-electron chi connectivity index (χ2n) is 3.72. The van der Waals surface area contributed by atoms with Gasteiger partial charge < -0.3 is 15.0 Å². The van der Waals surface area contributed by atoms with E-state index >= 15 is 0 Å². The molecule has 1 heterocycles. The summed E-state index contributed by atoms with van der Waals surface area (Å²) in [6, 6.07) is 9.83. The molecule has 1 aromatic carbocycles. The first-order valence-electron chi connectivity index (χ1n) is 5.53. The Balaban J connectivity index is 1.66. The van der Waals surface area contributed by atoms with Gasteiger partial charge in [-0.2, -0.15) is 0 Å². The first-order chi connectivity index (χ1) is 7.86. The van der Waals surface area contributed by atoms with Crippen LogP contribution in [0.4, 0.5) is 0 Å². The number of nitrogens with one attached hydrogen (secondary N) is 1. The fourth-order valence-electron chi connectivity index (χ4n) is 1.57. The van der Waals surface area contributed by atoms with E-state index in [0.717, 1.165) is 31.3 Å². The van der Waals surface area contributed by atoms with E-state index in [0.29, 0.717) is 6.61 Å². The number of likely N-dealkylation sites (N-methyl/N-ethyl adjacent to an activating group) is 1. The van der Waals surface area contributed by atoms with Crippen LogP contribution in [0.15, 0.2) is 35.3 Å². The van der Waals surface area contributed by atoms with Gasteiger partial charge in [-0.3, -0.25) is 4.99 Å². The van der Waals surface area contributed by atoms with Crippen LogP contribution in [0.2, 0.25) is 0 Å². The number of aliphatic imine (C=N–C) groups is 1. The first-order valence-corrected chi connectivity index (χ1v) is 5.53. The van der Waals surface area contributed by atoms with Gasteiger partial charge in [-0.15, -0.1) is 0 Å². The highest BCUT2D eigenvalue weighted by Crippen LogP contribution is 2.07. The third kappa shape index (κ3) is 2.89. The highest BCUT2D eigenvalue weighted by Gasteiger charge is 2.10. The number of nitrogens with zero attached hydrogens (tertiary/aromatic N) is 2. The molecule has 86 valence electrons. The molecule has 2 rings (SSSR count). The smallest absolute Gasteiger partial charge is 0.193 e. The van der Waals surface area contributed by atoms with Crippen molar-refractivity contribution in [1.82, 2.24) is 10.2 Å². The summed E-state index contributed by atoms with van der Waals surface area (Å²) in [6.07, 6.45) is 0. The summed E-state index contributed by atoms with van der Waals surface area (Å²) >= 11 is 0. The number of hydrogen-bond acceptors (Lipinski definition) is 4. The van der Waals surface area contributed by atoms with Gasteiger partial charge in [0.1, 0.15) is 12.4 Å². The highest BCUT2D eigenvalue weighted by atomic mass is 16.5. The molecule has 1 aliphatic rings. The van der Waals surface area contributed by atoms with E-state index in [1.807, 2.05) is 37.4 Å². The second-order valence-corrected chi connectivity index (χ2v) is 3.72. The fourth-order valence-corrected chi connectivity index (χ4v) is 1.57. The molecule has 4 nitrogen and oxygen atoms in total. The number of para-hydroxylation sites is 1. The average molecular weight is 219 g/mol. The number of rotatable bonds is 4. The van der Waals surface area contributed by atoms with Crippen LogP contribution < -0.4 is 10.1 Å². The lowest BCUT2D eigenvalue weighted by Crippen LogP contribution is -2.37. The Kier molecular flexibility index (Phi) is 3.64. The van der Waals surface area contributed by atoms with Crippen LogP contribution in [0.25, 0.3) is 0 Å². The zero-order valence-corrected chi connectivity index (χ0v) is 9.52. The fraction of sp³-hybridized carbons (Fsp3) is 0.417. The van der Waals surface area contributed by atoms with Crippen molar-refractivity contribution < 1.29 is 4.74 Å². The van der Waals surface area contributed by atoms with Crippen LogP contribution in [0.5, 0.6) is 5.75 Å².